The van der Waals surface area contributed by atoms with Crippen LogP contribution in [0.15, 0.2) is 0 Å². The number of rotatable bonds is 5. The first-order chi connectivity index (χ1) is 9.16. The van der Waals surface area contributed by atoms with Crippen molar-refractivity contribution in [3.63, 3.8) is 0 Å². The maximum absolute atomic E-state index is 11.7. The topological polar surface area (TPSA) is 59.0 Å². The van der Waals surface area contributed by atoms with Crippen LogP contribution in [0.3, 0.4) is 0 Å². The number of hydrogen-bond acceptors (Lipinski definition) is 4. The minimum Gasteiger partial charge on any atom is -0.481 e. The lowest BCUT2D eigenvalue weighted by atomic mass is 9.79. The number of carboxylic acids is 1. The van der Waals surface area contributed by atoms with E-state index in [4.69, 9.17) is 9.47 Å². The van der Waals surface area contributed by atoms with Crippen LogP contribution in [0.5, 0.6) is 0 Å². The largest absolute Gasteiger partial charge is 0.481 e. The third kappa shape index (κ3) is 3.68. The van der Waals surface area contributed by atoms with Gasteiger partial charge in [-0.1, -0.05) is 0 Å². The van der Waals surface area contributed by atoms with Gasteiger partial charge in [-0.25, -0.2) is 0 Å². The molecule has 0 aromatic rings. The lowest BCUT2D eigenvalue weighted by Gasteiger charge is -2.40. The molecule has 19 heavy (non-hydrogen) atoms. The first kappa shape index (κ1) is 14.8. The highest BCUT2D eigenvalue weighted by atomic mass is 16.5. The van der Waals surface area contributed by atoms with Crippen LogP contribution in [0, 0.1) is 11.3 Å². The molecule has 2 rings (SSSR count). The van der Waals surface area contributed by atoms with Gasteiger partial charge >= 0.3 is 5.97 Å². The Kier molecular flexibility index (Phi) is 5.19. The summed E-state index contributed by atoms with van der Waals surface area (Å²) in [5, 5.41) is 9.58. The highest BCUT2D eigenvalue weighted by molar-refractivity contribution is 5.75. The molecule has 0 aromatic heterocycles. The predicted octanol–water partition coefficient (Wildman–Crippen LogP) is 1.23. The van der Waals surface area contributed by atoms with Crippen molar-refractivity contribution in [2.75, 3.05) is 46.6 Å². The van der Waals surface area contributed by atoms with Gasteiger partial charge in [-0.05, 0) is 38.1 Å². The molecule has 1 unspecified atom stereocenters. The van der Waals surface area contributed by atoms with E-state index in [1.807, 2.05) is 0 Å². The molecule has 0 saturated carbocycles. The monoisotopic (exact) mass is 271 g/mol. The van der Waals surface area contributed by atoms with Gasteiger partial charge < -0.3 is 19.5 Å². The number of hydrogen-bond donors (Lipinski definition) is 1. The molecule has 1 atom stereocenters. The molecule has 0 amide bonds. The standard InChI is InChI=1S/C14H25NO4/c1-18-10-12-3-2-6-15(9-12)11-14(13(16)17)4-7-19-8-5-14/h12H,2-11H2,1H3,(H,16,17). The Bertz CT molecular complexity index is 300. The molecule has 0 radical (unpaired) electrons. The van der Waals surface area contributed by atoms with Gasteiger partial charge in [0, 0.05) is 33.4 Å². The Balaban J connectivity index is 1.95. The Morgan fingerprint density at radius 2 is 2.21 bits per heavy atom. The van der Waals surface area contributed by atoms with E-state index in [1.54, 1.807) is 7.11 Å². The van der Waals surface area contributed by atoms with Crippen LogP contribution in [-0.2, 0) is 14.3 Å². The second-order valence-electron chi connectivity index (χ2n) is 5.90. The Morgan fingerprint density at radius 1 is 1.47 bits per heavy atom. The Labute approximate surface area is 114 Å². The van der Waals surface area contributed by atoms with E-state index in [0.29, 0.717) is 38.5 Å². The highest BCUT2D eigenvalue weighted by Gasteiger charge is 2.42. The number of carboxylic acid groups (broad SMARTS) is 1. The number of methoxy groups -OCH3 is 1. The lowest BCUT2D eigenvalue weighted by Crippen LogP contribution is -2.49. The number of ether oxygens (including phenoxy) is 2. The van der Waals surface area contributed by atoms with Gasteiger partial charge in [0.2, 0.25) is 0 Å². The van der Waals surface area contributed by atoms with Crippen molar-refractivity contribution in [1.82, 2.24) is 4.90 Å². The summed E-state index contributed by atoms with van der Waals surface area (Å²) >= 11 is 0. The quantitative estimate of drug-likeness (QED) is 0.815. The van der Waals surface area contributed by atoms with Crippen LogP contribution >= 0.6 is 0 Å². The second-order valence-corrected chi connectivity index (χ2v) is 5.90. The van der Waals surface area contributed by atoms with Crippen molar-refractivity contribution in [3.05, 3.63) is 0 Å². The van der Waals surface area contributed by atoms with E-state index < -0.39 is 11.4 Å². The van der Waals surface area contributed by atoms with Crippen LogP contribution in [0.4, 0.5) is 0 Å². The summed E-state index contributed by atoms with van der Waals surface area (Å²) in [5.74, 6) is -0.117. The number of carbonyl (C=O) groups is 1. The third-order valence-corrected chi connectivity index (χ3v) is 4.44. The van der Waals surface area contributed by atoms with Crippen LogP contribution in [0.2, 0.25) is 0 Å². The maximum atomic E-state index is 11.7. The van der Waals surface area contributed by atoms with Crippen LogP contribution in [0.1, 0.15) is 25.7 Å². The van der Waals surface area contributed by atoms with Crippen LogP contribution in [-0.4, -0.2) is 62.5 Å². The summed E-state index contributed by atoms with van der Waals surface area (Å²) in [7, 11) is 1.73. The number of nitrogens with zero attached hydrogens (tertiary/aromatic N) is 1. The average Bonchev–Trinajstić information content (AvgIpc) is 2.40. The second kappa shape index (κ2) is 6.68. The van der Waals surface area contributed by atoms with Gasteiger partial charge in [-0.2, -0.15) is 0 Å². The number of piperidine rings is 1. The van der Waals surface area contributed by atoms with E-state index in [9.17, 15) is 9.90 Å². The fourth-order valence-corrected chi connectivity index (χ4v) is 3.30. The first-order valence-electron chi connectivity index (χ1n) is 7.19. The van der Waals surface area contributed by atoms with E-state index >= 15 is 0 Å². The zero-order chi connectivity index (χ0) is 13.7. The van der Waals surface area contributed by atoms with Crippen molar-refractivity contribution in [1.29, 1.82) is 0 Å². The zero-order valence-electron chi connectivity index (χ0n) is 11.8. The minimum atomic E-state index is -0.662. The van der Waals surface area contributed by atoms with E-state index in [-0.39, 0.29) is 0 Å². The normalized spacial score (nSPS) is 28.2. The molecule has 0 bridgehead atoms. The maximum Gasteiger partial charge on any atom is 0.311 e. The predicted molar refractivity (Wildman–Crippen MR) is 71.2 cm³/mol. The summed E-state index contributed by atoms with van der Waals surface area (Å²) in [5.41, 5.74) is -0.604. The van der Waals surface area contributed by atoms with Gasteiger partial charge in [-0.15, -0.1) is 0 Å². The molecule has 2 aliphatic rings. The summed E-state index contributed by atoms with van der Waals surface area (Å²) < 4.78 is 10.6. The molecular weight excluding hydrogens is 246 g/mol. The van der Waals surface area contributed by atoms with Crippen molar-refractivity contribution >= 4 is 5.97 Å². The summed E-state index contributed by atoms with van der Waals surface area (Å²) in [6, 6.07) is 0. The molecular formula is C14H25NO4. The molecule has 2 heterocycles. The van der Waals surface area contributed by atoms with Gasteiger partial charge in [-0.3, -0.25) is 4.79 Å². The molecule has 0 aromatic carbocycles. The molecule has 2 fully saturated rings. The lowest BCUT2D eigenvalue weighted by molar-refractivity contribution is -0.157. The summed E-state index contributed by atoms with van der Waals surface area (Å²) in [6.07, 6.45) is 3.59. The molecule has 1 N–H and O–H groups in total. The van der Waals surface area contributed by atoms with Crippen molar-refractivity contribution in [2.24, 2.45) is 11.3 Å². The molecule has 0 spiro atoms. The summed E-state index contributed by atoms with van der Waals surface area (Å²) in [6.45, 7) is 4.55. The molecule has 2 saturated heterocycles. The molecule has 110 valence electrons. The van der Waals surface area contributed by atoms with Crippen molar-refractivity contribution < 1.29 is 19.4 Å². The van der Waals surface area contributed by atoms with Crippen molar-refractivity contribution in [2.45, 2.75) is 25.7 Å². The molecule has 5 nitrogen and oxygen atoms in total. The molecule has 0 aliphatic carbocycles. The molecule has 2 aliphatic heterocycles. The smallest absolute Gasteiger partial charge is 0.311 e. The summed E-state index contributed by atoms with van der Waals surface area (Å²) in [4.78, 5) is 14.0. The SMILES string of the molecule is COCC1CCCN(CC2(C(=O)O)CCOCC2)C1. The fraction of sp³-hybridized carbons (Fsp3) is 0.929. The van der Waals surface area contributed by atoms with Gasteiger partial charge in [0.1, 0.15) is 0 Å². The minimum absolute atomic E-state index is 0.546. The average molecular weight is 271 g/mol. The van der Waals surface area contributed by atoms with E-state index in [2.05, 4.69) is 4.90 Å². The molecule has 5 heteroatoms. The third-order valence-electron chi connectivity index (χ3n) is 4.44. The van der Waals surface area contributed by atoms with Crippen molar-refractivity contribution in [3.8, 4) is 0 Å². The Hall–Kier alpha value is -0.650. The highest BCUT2D eigenvalue weighted by Crippen LogP contribution is 2.33. The van der Waals surface area contributed by atoms with E-state index in [1.165, 1.54) is 6.42 Å². The zero-order valence-corrected chi connectivity index (χ0v) is 11.8. The van der Waals surface area contributed by atoms with Crippen LogP contribution in [0.25, 0.3) is 0 Å². The fourth-order valence-electron chi connectivity index (χ4n) is 3.30. The number of aliphatic carboxylic acids is 1. The number of likely N-dealkylation sites (tertiary alicyclic amines) is 1. The Morgan fingerprint density at radius 3 is 2.84 bits per heavy atom. The van der Waals surface area contributed by atoms with Gasteiger partial charge in [0.15, 0.2) is 0 Å². The first-order valence-corrected chi connectivity index (χ1v) is 7.19. The van der Waals surface area contributed by atoms with Crippen LogP contribution < -0.4 is 0 Å². The van der Waals surface area contributed by atoms with E-state index in [0.717, 1.165) is 26.1 Å². The van der Waals surface area contributed by atoms with Gasteiger partial charge in [0.25, 0.3) is 0 Å². The van der Waals surface area contributed by atoms with Gasteiger partial charge in [0.05, 0.1) is 12.0 Å².